The summed E-state index contributed by atoms with van der Waals surface area (Å²) >= 11 is 17.0. The number of benzene rings is 1. The van der Waals surface area contributed by atoms with Crippen LogP contribution in [-0.2, 0) is 6.18 Å². The first kappa shape index (κ1) is 17.4. The second-order valence-corrected chi connectivity index (χ2v) is 5.91. The van der Waals surface area contributed by atoms with Crippen LogP contribution in [0.1, 0.15) is 18.4 Å². The number of alkyl halides is 3. The lowest BCUT2D eigenvalue weighted by Crippen LogP contribution is -2.26. The molecule has 0 saturated carbocycles. The van der Waals surface area contributed by atoms with Crippen molar-refractivity contribution in [1.29, 1.82) is 0 Å². The van der Waals surface area contributed by atoms with Crippen LogP contribution in [0, 0.1) is 0 Å². The number of likely N-dealkylation sites (tertiary alicyclic amines) is 1. The molecule has 0 N–H and O–H groups in total. The minimum atomic E-state index is -4.51. The van der Waals surface area contributed by atoms with Gasteiger partial charge in [-0.05, 0) is 24.6 Å². The molecule has 8 heteroatoms. The fraction of sp³-hybridized carbons (Fsp3) is 0.357. The number of rotatable bonds is 3. The Labute approximate surface area is 141 Å². The molecule has 0 bridgehead atoms. The molecule has 2 rings (SSSR count). The van der Waals surface area contributed by atoms with E-state index in [2.05, 4.69) is 4.99 Å². The molecule has 1 fully saturated rings. The summed E-state index contributed by atoms with van der Waals surface area (Å²) in [5.74, 6) is 0.560. The molecule has 120 valence electrons. The highest BCUT2D eigenvalue weighted by molar-refractivity contribution is 6.36. The second kappa shape index (κ2) is 7.11. The van der Waals surface area contributed by atoms with Crippen molar-refractivity contribution in [2.24, 2.45) is 4.99 Å². The molecule has 0 radical (unpaired) electrons. The van der Waals surface area contributed by atoms with E-state index in [1.807, 2.05) is 4.90 Å². The van der Waals surface area contributed by atoms with Gasteiger partial charge in [-0.15, -0.1) is 0 Å². The Bertz CT molecular complexity index is 612. The quantitative estimate of drug-likeness (QED) is 0.655. The first-order valence-corrected chi connectivity index (χ1v) is 7.64. The van der Waals surface area contributed by atoms with Crippen molar-refractivity contribution in [3.63, 3.8) is 0 Å². The van der Waals surface area contributed by atoms with Gasteiger partial charge >= 0.3 is 6.18 Å². The highest BCUT2D eigenvalue weighted by Crippen LogP contribution is 2.38. The molecule has 22 heavy (non-hydrogen) atoms. The molecule has 0 atom stereocenters. The number of halogens is 6. The van der Waals surface area contributed by atoms with Gasteiger partial charge in [0.05, 0.1) is 17.8 Å². The van der Waals surface area contributed by atoms with Crippen LogP contribution in [0.15, 0.2) is 33.8 Å². The third-order valence-corrected chi connectivity index (χ3v) is 4.01. The molecule has 2 nitrogen and oxygen atoms in total. The van der Waals surface area contributed by atoms with Crippen LogP contribution in [-0.4, -0.2) is 23.8 Å². The fourth-order valence-electron chi connectivity index (χ4n) is 2.20. The zero-order chi connectivity index (χ0) is 16.3. The van der Waals surface area contributed by atoms with E-state index in [0.29, 0.717) is 30.4 Å². The lowest BCUT2D eigenvalue weighted by Gasteiger charge is -2.19. The van der Waals surface area contributed by atoms with Gasteiger partial charge in [-0.25, -0.2) is 4.99 Å². The van der Waals surface area contributed by atoms with Gasteiger partial charge in [0.25, 0.3) is 0 Å². The van der Waals surface area contributed by atoms with Crippen LogP contribution in [0.2, 0.25) is 5.02 Å². The van der Waals surface area contributed by atoms with Crippen molar-refractivity contribution in [3.05, 3.63) is 39.4 Å². The van der Waals surface area contributed by atoms with Crippen LogP contribution >= 0.6 is 34.8 Å². The second-order valence-electron chi connectivity index (χ2n) is 4.77. The first-order chi connectivity index (χ1) is 10.3. The molecule has 1 heterocycles. The minimum Gasteiger partial charge on any atom is -0.355 e. The zero-order valence-corrected chi connectivity index (χ0v) is 13.6. The molecule has 1 aliphatic heterocycles. The zero-order valence-electron chi connectivity index (χ0n) is 11.3. The summed E-state index contributed by atoms with van der Waals surface area (Å²) in [6.45, 7) is 1.01. The van der Waals surface area contributed by atoms with Gasteiger partial charge in [0.1, 0.15) is 5.84 Å². The maximum Gasteiger partial charge on any atom is 0.418 e. The van der Waals surface area contributed by atoms with E-state index in [9.17, 15) is 13.2 Å². The predicted molar refractivity (Wildman–Crippen MR) is 84.1 cm³/mol. The Morgan fingerprint density at radius 1 is 1.36 bits per heavy atom. The summed E-state index contributed by atoms with van der Waals surface area (Å²) in [5.41, 5.74) is 0.240. The van der Waals surface area contributed by atoms with Crippen molar-refractivity contribution in [3.8, 4) is 0 Å². The minimum absolute atomic E-state index is 0.0210. The van der Waals surface area contributed by atoms with Gasteiger partial charge in [-0.2, -0.15) is 13.2 Å². The summed E-state index contributed by atoms with van der Waals surface area (Å²) in [4.78, 5) is 5.98. The van der Waals surface area contributed by atoms with E-state index in [1.54, 1.807) is 0 Å². The van der Waals surface area contributed by atoms with Crippen LogP contribution in [0.4, 0.5) is 18.9 Å². The summed E-state index contributed by atoms with van der Waals surface area (Å²) in [6.07, 6.45) is -3.12. The third kappa shape index (κ3) is 4.31. The van der Waals surface area contributed by atoms with Crippen LogP contribution < -0.4 is 0 Å². The molecular weight excluding hydrogens is 360 g/mol. The number of aliphatic imine (C=N–C) groups is 1. The SMILES string of the molecule is FC(F)(F)c1cc(Cl)ccc1N=C1CCCN1CC(Cl)=CCl. The molecule has 1 saturated heterocycles. The Morgan fingerprint density at radius 3 is 2.73 bits per heavy atom. The number of hydrogen-bond donors (Lipinski definition) is 0. The van der Waals surface area contributed by atoms with E-state index in [0.717, 1.165) is 12.5 Å². The lowest BCUT2D eigenvalue weighted by atomic mass is 10.1. The Balaban J connectivity index is 2.36. The molecule has 0 spiro atoms. The van der Waals surface area contributed by atoms with Crippen LogP contribution in [0.25, 0.3) is 0 Å². The highest BCUT2D eigenvalue weighted by Gasteiger charge is 2.34. The summed E-state index contributed by atoms with van der Waals surface area (Å²) < 4.78 is 39.2. The van der Waals surface area contributed by atoms with Gasteiger partial charge in [0.15, 0.2) is 0 Å². The maximum absolute atomic E-state index is 13.1. The van der Waals surface area contributed by atoms with Crippen molar-refractivity contribution >= 4 is 46.3 Å². The number of hydrogen-bond acceptors (Lipinski definition) is 1. The van der Waals surface area contributed by atoms with Crippen molar-refractivity contribution < 1.29 is 13.2 Å². The smallest absolute Gasteiger partial charge is 0.355 e. The average molecular weight is 372 g/mol. The molecule has 1 aliphatic rings. The lowest BCUT2D eigenvalue weighted by molar-refractivity contribution is -0.137. The van der Waals surface area contributed by atoms with Gasteiger partial charge < -0.3 is 4.90 Å². The predicted octanol–water partition coefficient (Wildman–Crippen LogP) is 5.80. The highest BCUT2D eigenvalue weighted by atomic mass is 35.5. The van der Waals surface area contributed by atoms with E-state index in [1.165, 1.54) is 17.7 Å². The van der Waals surface area contributed by atoms with Gasteiger partial charge in [-0.1, -0.05) is 34.8 Å². The van der Waals surface area contributed by atoms with Gasteiger partial charge in [-0.3, -0.25) is 0 Å². The van der Waals surface area contributed by atoms with Gasteiger partial charge in [0, 0.05) is 28.6 Å². The summed E-state index contributed by atoms with van der Waals surface area (Å²) in [5, 5.41) is 0.427. The Morgan fingerprint density at radius 2 is 2.09 bits per heavy atom. The fourth-order valence-corrected chi connectivity index (χ4v) is 2.59. The van der Waals surface area contributed by atoms with E-state index in [4.69, 9.17) is 34.8 Å². The van der Waals surface area contributed by atoms with Crippen LogP contribution in [0.5, 0.6) is 0 Å². The van der Waals surface area contributed by atoms with Crippen molar-refractivity contribution in [2.45, 2.75) is 19.0 Å². The Kier molecular flexibility index (Phi) is 5.64. The summed E-state index contributed by atoms with van der Waals surface area (Å²) in [6, 6.07) is 3.54. The van der Waals surface area contributed by atoms with E-state index in [-0.39, 0.29) is 10.7 Å². The topological polar surface area (TPSA) is 15.6 Å². The molecule has 0 aromatic heterocycles. The number of nitrogens with zero attached hydrogens (tertiary/aromatic N) is 2. The molecule has 0 amide bonds. The molecule has 0 aliphatic carbocycles. The molecular formula is C14H12Cl3F3N2. The normalized spacial score (nSPS) is 18.4. The van der Waals surface area contributed by atoms with Crippen LogP contribution in [0.3, 0.4) is 0 Å². The van der Waals surface area contributed by atoms with Gasteiger partial charge in [0.2, 0.25) is 0 Å². The maximum atomic E-state index is 13.1. The summed E-state index contributed by atoms with van der Waals surface area (Å²) in [7, 11) is 0. The third-order valence-electron chi connectivity index (χ3n) is 3.17. The molecule has 1 aromatic carbocycles. The number of amidine groups is 1. The molecule has 0 unspecified atom stereocenters. The largest absolute Gasteiger partial charge is 0.418 e. The van der Waals surface area contributed by atoms with Crippen molar-refractivity contribution in [1.82, 2.24) is 4.90 Å². The standard InChI is InChI=1S/C14H12Cl3F3N2/c15-7-10(17)8-22-5-1-2-13(22)21-12-4-3-9(16)6-11(12)14(18,19)20/h3-4,6-7H,1-2,5,8H2. The van der Waals surface area contributed by atoms with E-state index >= 15 is 0 Å². The van der Waals surface area contributed by atoms with Crippen molar-refractivity contribution in [2.75, 3.05) is 13.1 Å². The van der Waals surface area contributed by atoms with E-state index < -0.39 is 11.7 Å². The molecule has 1 aromatic rings. The average Bonchev–Trinajstić information content (AvgIpc) is 2.86. The Hall–Kier alpha value is -0.910. The monoisotopic (exact) mass is 370 g/mol. The first-order valence-electron chi connectivity index (χ1n) is 6.45.